The maximum atomic E-state index is 12.3. The molecule has 2 N–H and O–H groups in total. The van der Waals surface area contributed by atoms with Crippen molar-refractivity contribution in [2.45, 2.75) is 23.9 Å². The zero-order valence-electron chi connectivity index (χ0n) is 13.6. The highest BCUT2D eigenvalue weighted by Gasteiger charge is 2.26. The summed E-state index contributed by atoms with van der Waals surface area (Å²) in [6.45, 7) is -0.117. The first kappa shape index (κ1) is 19.8. The molecule has 0 radical (unpaired) electrons. The Balaban J connectivity index is 1.95. The van der Waals surface area contributed by atoms with Crippen LogP contribution in [-0.2, 0) is 10.0 Å². The van der Waals surface area contributed by atoms with E-state index in [0.717, 1.165) is 0 Å². The van der Waals surface area contributed by atoms with Gasteiger partial charge in [-0.05, 0) is 42.8 Å². The minimum atomic E-state index is -4.26. The van der Waals surface area contributed by atoms with E-state index < -0.39 is 28.5 Å². The lowest BCUT2D eigenvalue weighted by Crippen LogP contribution is -2.25. The molecule has 26 heavy (non-hydrogen) atoms. The van der Waals surface area contributed by atoms with E-state index in [4.69, 9.17) is 0 Å². The lowest BCUT2D eigenvalue weighted by molar-refractivity contribution is -0.135. The van der Waals surface area contributed by atoms with Crippen LogP contribution >= 0.6 is 0 Å². The molecule has 0 atom stereocenters. The van der Waals surface area contributed by atoms with Gasteiger partial charge < -0.3 is 5.32 Å². The van der Waals surface area contributed by atoms with Crippen molar-refractivity contribution in [2.24, 2.45) is 0 Å². The summed E-state index contributed by atoms with van der Waals surface area (Å²) in [5.74, 6) is -0.563. The molecule has 5 nitrogen and oxygen atoms in total. The second-order valence-electron chi connectivity index (χ2n) is 5.47. The Morgan fingerprint density at radius 1 is 0.962 bits per heavy atom. The number of anilines is 1. The summed E-state index contributed by atoms with van der Waals surface area (Å²) in [4.78, 5) is 11.8. The molecule has 0 bridgehead atoms. The summed E-state index contributed by atoms with van der Waals surface area (Å²) in [6.07, 6.45) is -5.45. The van der Waals surface area contributed by atoms with Gasteiger partial charge in [0, 0.05) is 24.2 Å². The van der Waals surface area contributed by atoms with Crippen molar-refractivity contribution in [1.82, 2.24) is 5.32 Å². The molecular formula is C17H17F3N2O3S. The molecule has 1 amide bonds. The minimum Gasteiger partial charge on any atom is -0.352 e. The van der Waals surface area contributed by atoms with E-state index in [0.29, 0.717) is 5.69 Å². The number of carbonyl (C=O) groups excluding carboxylic acids is 1. The van der Waals surface area contributed by atoms with Gasteiger partial charge in [0.05, 0.1) is 4.90 Å². The Labute approximate surface area is 149 Å². The third-order valence-corrected chi connectivity index (χ3v) is 4.77. The number of sulfonamides is 1. The number of rotatable bonds is 7. The van der Waals surface area contributed by atoms with Crippen LogP contribution in [0.15, 0.2) is 59.5 Å². The van der Waals surface area contributed by atoms with Crippen molar-refractivity contribution in [3.63, 3.8) is 0 Å². The largest absolute Gasteiger partial charge is 0.389 e. The van der Waals surface area contributed by atoms with E-state index in [1.807, 2.05) is 0 Å². The van der Waals surface area contributed by atoms with Crippen LogP contribution in [0.3, 0.4) is 0 Å². The maximum Gasteiger partial charge on any atom is 0.389 e. The van der Waals surface area contributed by atoms with Gasteiger partial charge in [0.1, 0.15) is 0 Å². The van der Waals surface area contributed by atoms with Crippen LogP contribution in [0, 0.1) is 0 Å². The van der Waals surface area contributed by atoms with Gasteiger partial charge in [0.2, 0.25) is 0 Å². The van der Waals surface area contributed by atoms with Crippen molar-refractivity contribution >= 4 is 21.6 Å². The van der Waals surface area contributed by atoms with E-state index in [9.17, 15) is 26.4 Å². The van der Waals surface area contributed by atoms with Crippen LogP contribution in [0.5, 0.6) is 0 Å². The normalized spacial score (nSPS) is 11.8. The molecule has 140 valence electrons. The van der Waals surface area contributed by atoms with E-state index in [1.165, 1.54) is 24.3 Å². The van der Waals surface area contributed by atoms with Crippen LogP contribution < -0.4 is 10.0 Å². The lowest BCUT2D eigenvalue weighted by Gasteiger charge is -2.09. The summed E-state index contributed by atoms with van der Waals surface area (Å²) in [7, 11) is -3.80. The number of amides is 1. The number of hydrogen-bond acceptors (Lipinski definition) is 3. The van der Waals surface area contributed by atoms with Crippen molar-refractivity contribution in [1.29, 1.82) is 0 Å². The fraction of sp³-hybridized carbons (Fsp3) is 0.235. The van der Waals surface area contributed by atoms with Gasteiger partial charge in [-0.15, -0.1) is 0 Å². The van der Waals surface area contributed by atoms with Gasteiger partial charge in [-0.3, -0.25) is 9.52 Å². The number of alkyl halides is 3. The van der Waals surface area contributed by atoms with E-state index in [2.05, 4.69) is 10.0 Å². The van der Waals surface area contributed by atoms with Crippen LogP contribution in [0.4, 0.5) is 18.9 Å². The molecule has 0 unspecified atom stereocenters. The maximum absolute atomic E-state index is 12.3. The monoisotopic (exact) mass is 386 g/mol. The van der Waals surface area contributed by atoms with E-state index in [1.54, 1.807) is 30.3 Å². The van der Waals surface area contributed by atoms with Crippen LogP contribution in [0.25, 0.3) is 0 Å². The lowest BCUT2D eigenvalue weighted by atomic mass is 10.2. The van der Waals surface area contributed by atoms with Gasteiger partial charge >= 0.3 is 6.18 Å². The molecule has 0 spiro atoms. The molecule has 0 aliphatic carbocycles. The van der Waals surface area contributed by atoms with Gasteiger partial charge in [0.25, 0.3) is 15.9 Å². The average Bonchev–Trinajstić information content (AvgIpc) is 2.58. The second-order valence-corrected chi connectivity index (χ2v) is 7.15. The third-order valence-electron chi connectivity index (χ3n) is 3.38. The Kier molecular flexibility index (Phi) is 6.25. The molecule has 0 aliphatic heterocycles. The SMILES string of the molecule is O=C(NCCCC(F)(F)F)c1ccc(S(=O)(=O)Nc2ccccc2)cc1. The predicted molar refractivity (Wildman–Crippen MR) is 91.3 cm³/mol. The molecule has 0 heterocycles. The smallest absolute Gasteiger partial charge is 0.352 e. The summed E-state index contributed by atoms with van der Waals surface area (Å²) in [6, 6.07) is 13.4. The molecule has 0 fully saturated rings. The number of para-hydroxylation sites is 1. The number of nitrogens with one attached hydrogen (secondary N) is 2. The molecule has 0 aromatic heterocycles. The fourth-order valence-electron chi connectivity index (χ4n) is 2.10. The highest BCUT2D eigenvalue weighted by molar-refractivity contribution is 7.92. The first-order valence-corrected chi connectivity index (χ1v) is 9.18. The topological polar surface area (TPSA) is 75.3 Å². The van der Waals surface area contributed by atoms with Gasteiger partial charge in [-0.25, -0.2) is 8.42 Å². The Bertz CT molecular complexity index is 836. The second kappa shape index (κ2) is 8.22. The van der Waals surface area contributed by atoms with Crippen molar-refractivity contribution in [3.8, 4) is 0 Å². The summed E-state index contributed by atoms with van der Waals surface area (Å²) >= 11 is 0. The number of carbonyl (C=O) groups is 1. The molecule has 9 heteroatoms. The standard InChI is InChI=1S/C17H17F3N2O3S/c18-17(19,20)11-4-12-21-16(23)13-7-9-15(10-8-13)26(24,25)22-14-5-2-1-3-6-14/h1-3,5-10,22H,4,11-12H2,(H,21,23). The van der Waals surface area contributed by atoms with Crippen LogP contribution in [0.2, 0.25) is 0 Å². The minimum absolute atomic E-state index is 0.0324. The van der Waals surface area contributed by atoms with E-state index in [-0.39, 0.29) is 23.4 Å². The highest BCUT2D eigenvalue weighted by Crippen LogP contribution is 2.21. The molecule has 2 aromatic carbocycles. The van der Waals surface area contributed by atoms with Gasteiger partial charge in [-0.1, -0.05) is 18.2 Å². The zero-order valence-corrected chi connectivity index (χ0v) is 14.4. The molecule has 0 aliphatic rings. The Hall–Kier alpha value is -2.55. The molecule has 2 aromatic rings. The molecule has 0 saturated heterocycles. The Morgan fingerprint density at radius 2 is 1.58 bits per heavy atom. The molecule has 0 saturated carbocycles. The molecular weight excluding hydrogens is 369 g/mol. The van der Waals surface area contributed by atoms with E-state index >= 15 is 0 Å². The van der Waals surface area contributed by atoms with Crippen molar-refractivity contribution in [2.75, 3.05) is 11.3 Å². The summed E-state index contributed by atoms with van der Waals surface area (Å²) in [5, 5.41) is 2.37. The quantitative estimate of drug-likeness (QED) is 0.715. The van der Waals surface area contributed by atoms with Gasteiger partial charge in [-0.2, -0.15) is 13.2 Å². The average molecular weight is 386 g/mol. The zero-order chi connectivity index (χ0) is 19.2. The predicted octanol–water partition coefficient (Wildman–Crippen LogP) is 3.56. The van der Waals surface area contributed by atoms with Gasteiger partial charge in [0.15, 0.2) is 0 Å². The first-order chi connectivity index (χ1) is 12.2. The first-order valence-electron chi connectivity index (χ1n) is 7.70. The fourth-order valence-corrected chi connectivity index (χ4v) is 3.16. The summed E-state index contributed by atoms with van der Waals surface area (Å²) in [5.41, 5.74) is 0.564. The Morgan fingerprint density at radius 3 is 2.15 bits per heavy atom. The van der Waals surface area contributed by atoms with Crippen LogP contribution in [0.1, 0.15) is 23.2 Å². The third kappa shape index (κ3) is 6.07. The number of halogens is 3. The number of hydrogen-bond donors (Lipinski definition) is 2. The number of benzene rings is 2. The van der Waals surface area contributed by atoms with Crippen LogP contribution in [-0.4, -0.2) is 27.0 Å². The summed E-state index contributed by atoms with van der Waals surface area (Å²) < 4.78 is 63.1. The molecule has 2 rings (SSSR count). The van der Waals surface area contributed by atoms with Crippen molar-refractivity contribution < 1.29 is 26.4 Å². The highest BCUT2D eigenvalue weighted by atomic mass is 32.2. The van der Waals surface area contributed by atoms with Crippen molar-refractivity contribution in [3.05, 3.63) is 60.2 Å².